The fraction of sp³-hybridized carbons (Fsp3) is 0. The molecule has 0 bridgehead atoms. The second kappa shape index (κ2) is 8.56. The molecule has 3 aromatic heterocycles. The molecule has 0 spiro atoms. The third-order valence-corrected chi connectivity index (χ3v) is 7.02. The number of imidazole rings is 2. The topological polar surface area (TPSA) is 59.8 Å². The molecule has 7 heteroatoms. The van der Waals surface area contributed by atoms with Crippen LogP contribution in [0.5, 0.6) is 5.75 Å². The molecule has 0 saturated carbocycles. The highest BCUT2D eigenvalue weighted by atomic mass is 19.1. The van der Waals surface area contributed by atoms with Crippen molar-refractivity contribution in [3.05, 3.63) is 121 Å². The number of nitrogens with zero attached hydrogens (tertiary/aromatic N) is 5. The SMILES string of the molecule is C=Cc1c(C=C)n2c3ccccc3nc2n(-c2ccc(F)c(-c3ccccc3O)c2)c2nc3ccccc3n12. The van der Waals surface area contributed by atoms with E-state index in [1.807, 2.05) is 61.9 Å². The summed E-state index contributed by atoms with van der Waals surface area (Å²) in [7, 11) is 0. The minimum absolute atomic E-state index is 0.00607. The average molecular weight is 512 g/mol. The average Bonchev–Trinajstić information content (AvgIpc) is 3.49. The molecule has 0 aliphatic carbocycles. The van der Waals surface area contributed by atoms with Gasteiger partial charge in [0.25, 0.3) is 0 Å². The summed E-state index contributed by atoms with van der Waals surface area (Å²) in [6.45, 7) is 8.27. The van der Waals surface area contributed by atoms with E-state index in [0.29, 0.717) is 22.8 Å². The van der Waals surface area contributed by atoms with Crippen molar-refractivity contribution in [3.8, 4) is 22.6 Å². The standard InChI is InChI=1S/C32H22FN5O/c1-3-26-27(4-2)38-29-15-9-7-13-25(29)35-32(38)36(31-34-24-12-6-8-14-28(24)37(26)31)20-17-18-23(33)22(19-20)21-11-5-10-16-30(21)39/h3-19,39H,1-2H2. The maximum Gasteiger partial charge on any atom is 0.223 e. The molecule has 3 heterocycles. The van der Waals surface area contributed by atoms with E-state index in [1.165, 1.54) is 6.07 Å². The van der Waals surface area contributed by atoms with Crippen LogP contribution in [-0.4, -0.2) is 28.4 Å². The van der Waals surface area contributed by atoms with Gasteiger partial charge in [0, 0.05) is 11.1 Å². The summed E-state index contributed by atoms with van der Waals surface area (Å²) < 4.78 is 21.2. The van der Waals surface area contributed by atoms with Gasteiger partial charge >= 0.3 is 0 Å². The van der Waals surface area contributed by atoms with Gasteiger partial charge in [0.05, 0.1) is 39.1 Å². The molecule has 0 unspecified atom stereocenters. The third kappa shape index (κ3) is 3.26. The van der Waals surface area contributed by atoms with Crippen LogP contribution in [0, 0.1) is 5.82 Å². The molecule has 0 aliphatic heterocycles. The van der Waals surface area contributed by atoms with E-state index in [1.54, 1.807) is 48.6 Å². The third-order valence-electron chi connectivity index (χ3n) is 7.02. The Hall–Kier alpha value is -5.43. The molecule has 4 aromatic carbocycles. The van der Waals surface area contributed by atoms with Crippen LogP contribution in [0.15, 0.2) is 104 Å². The predicted molar refractivity (Wildman–Crippen MR) is 154 cm³/mol. The second-order valence-electron chi connectivity index (χ2n) is 9.17. The fourth-order valence-corrected chi connectivity index (χ4v) is 5.30. The molecule has 1 N–H and O–H groups in total. The van der Waals surface area contributed by atoms with Gasteiger partial charge in [-0.15, -0.1) is 0 Å². The van der Waals surface area contributed by atoms with Crippen LogP contribution in [0.4, 0.5) is 4.39 Å². The largest absolute Gasteiger partial charge is 0.507 e. The van der Waals surface area contributed by atoms with Crippen molar-refractivity contribution < 1.29 is 9.50 Å². The monoisotopic (exact) mass is 511 g/mol. The molecule has 0 atom stereocenters. The number of para-hydroxylation sites is 5. The maximum atomic E-state index is 15.2. The van der Waals surface area contributed by atoms with Crippen LogP contribution in [-0.2, 0) is 0 Å². The van der Waals surface area contributed by atoms with Crippen molar-refractivity contribution >= 4 is 45.8 Å². The molecule has 7 aromatic rings. The van der Waals surface area contributed by atoms with Crippen LogP contribution in [0.3, 0.4) is 0 Å². The van der Waals surface area contributed by atoms with E-state index in [9.17, 15) is 5.11 Å². The Labute approximate surface area is 222 Å². The predicted octanol–water partition coefficient (Wildman–Crippen LogP) is 7.44. The van der Waals surface area contributed by atoms with Crippen LogP contribution in [0.2, 0.25) is 0 Å². The van der Waals surface area contributed by atoms with Gasteiger partial charge in [0.15, 0.2) is 0 Å². The second-order valence-corrected chi connectivity index (χ2v) is 9.17. The van der Waals surface area contributed by atoms with Gasteiger partial charge in [-0.05, 0) is 60.7 Å². The zero-order valence-corrected chi connectivity index (χ0v) is 20.8. The Morgan fingerprint density at radius 1 is 0.667 bits per heavy atom. The number of rotatable bonds is 4. The fourth-order valence-electron chi connectivity index (χ4n) is 5.30. The first-order chi connectivity index (χ1) is 19.1. The molecule has 188 valence electrons. The van der Waals surface area contributed by atoms with Gasteiger partial charge in [-0.25, -0.2) is 18.9 Å². The molecule has 0 amide bonds. The summed E-state index contributed by atoms with van der Waals surface area (Å²) in [4.78, 5) is 10.1. The molecule has 39 heavy (non-hydrogen) atoms. The highest BCUT2D eigenvalue weighted by Gasteiger charge is 2.21. The zero-order valence-electron chi connectivity index (χ0n) is 20.8. The Morgan fingerprint density at radius 2 is 1.21 bits per heavy atom. The number of phenolic OH excluding ortho intramolecular Hbond substituents is 1. The minimum Gasteiger partial charge on any atom is -0.507 e. The first kappa shape index (κ1) is 22.7. The van der Waals surface area contributed by atoms with E-state index < -0.39 is 5.82 Å². The lowest BCUT2D eigenvalue weighted by Gasteiger charge is -2.11. The lowest BCUT2D eigenvalue weighted by atomic mass is 10.0. The molecule has 0 saturated heterocycles. The lowest BCUT2D eigenvalue weighted by molar-refractivity contribution is 0.476. The minimum atomic E-state index is -0.450. The van der Waals surface area contributed by atoms with E-state index in [4.69, 9.17) is 9.97 Å². The Balaban J connectivity index is 1.75. The number of aromatic nitrogens is 5. The maximum absolute atomic E-state index is 15.2. The van der Waals surface area contributed by atoms with Gasteiger partial charge < -0.3 is 5.11 Å². The van der Waals surface area contributed by atoms with E-state index >= 15 is 4.39 Å². The molecule has 0 radical (unpaired) electrons. The summed E-state index contributed by atoms with van der Waals surface area (Å²) >= 11 is 0. The molecule has 6 nitrogen and oxygen atoms in total. The molecule has 7 rings (SSSR count). The van der Waals surface area contributed by atoms with Gasteiger partial charge in [-0.1, -0.05) is 55.6 Å². The van der Waals surface area contributed by atoms with Crippen LogP contribution in [0.25, 0.3) is 62.6 Å². The summed E-state index contributed by atoms with van der Waals surface area (Å²) in [5.41, 5.74) is 6.17. The van der Waals surface area contributed by atoms with Crippen LogP contribution < -0.4 is 0 Å². The summed E-state index contributed by atoms with van der Waals surface area (Å²) in [5, 5.41) is 10.5. The Morgan fingerprint density at radius 3 is 1.77 bits per heavy atom. The van der Waals surface area contributed by atoms with Crippen molar-refractivity contribution in [1.82, 2.24) is 23.3 Å². The summed E-state index contributed by atoms with van der Waals surface area (Å²) in [5.74, 6) is 0.672. The summed E-state index contributed by atoms with van der Waals surface area (Å²) in [6, 6.07) is 27.2. The van der Waals surface area contributed by atoms with E-state index in [0.717, 1.165) is 33.5 Å². The smallest absolute Gasteiger partial charge is 0.223 e. The highest BCUT2D eigenvalue weighted by Crippen LogP contribution is 2.34. The van der Waals surface area contributed by atoms with Gasteiger partial charge in [0.1, 0.15) is 11.6 Å². The number of aromatic hydroxyl groups is 1. The van der Waals surface area contributed by atoms with Crippen molar-refractivity contribution in [3.63, 3.8) is 0 Å². The first-order valence-corrected chi connectivity index (χ1v) is 12.4. The van der Waals surface area contributed by atoms with Crippen molar-refractivity contribution in [1.29, 1.82) is 0 Å². The first-order valence-electron chi connectivity index (χ1n) is 12.4. The number of halogens is 1. The normalized spacial score (nSPS) is 11.5. The van der Waals surface area contributed by atoms with Crippen molar-refractivity contribution in [2.24, 2.45) is 0 Å². The van der Waals surface area contributed by atoms with Gasteiger partial charge in [0.2, 0.25) is 11.6 Å². The Kier molecular flexibility index (Phi) is 4.99. The molecular formula is C32H22FN5O. The number of benzene rings is 4. The highest BCUT2D eigenvalue weighted by molar-refractivity contribution is 5.87. The molecule has 0 aliphatic rings. The molecular weight excluding hydrogens is 489 g/mol. The summed E-state index contributed by atoms with van der Waals surface area (Å²) in [6.07, 6.45) is 3.57. The molecule has 0 fully saturated rings. The van der Waals surface area contributed by atoms with E-state index in [-0.39, 0.29) is 11.3 Å². The number of hydrogen-bond acceptors (Lipinski definition) is 3. The van der Waals surface area contributed by atoms with Crippen LogP contribution in [0.1, 0.15) is 11.4 Å². The van der Waals surface area contributed by atoms with Crippen LogP contribution >= 0.6 is 0 Å². The Bertz CT molecular complexity index is 2040. The van der Waals surface area contributed by atoms with E-state index in [2.05, 4.69) is 13.2 Å². The number of fused-ring (bicyclic) bond motifs is 6. The zero-order chi connectivity index (χ0) is 26.7. The van der Waals surface area contributed by atoms with Crippen molar-refractivity contribution in [2.45, 2.75) is 0 Å². The number of phenols is 1. The number of hydrogen-bond donors (Lipinski definition) is 1. The quantitative estimate of drug-likeness (QED) is 0.267. The lowest BCUT2D eigenvalue weighted by Crippen LogP contribution is -2.03. The van der Waals surface area contributed by atoms with Crippen molar-refractivity contribution in [2.75, 3.05) is 0 Å². The van der Waals surface area contributed by atoms with Gasteiger partial charge in [-0.2, -0.15) is 0 Å². The van der Waals surface area contributed by atoms with Gasteiger partial charge in [-0.3, -0.25) is 8.80 Å².